The molecule has 0 amide bonds. The van der Waals surface area contributed by atoms with Crippen molar-refractivity contribution in [2.75, 3.05) is 27.4 Å². The summed E-state index contributed by atoms with van der Waals surface area (Å²) in [7, 11) is 3.32. The van der Waals surface area contributed by atoms with Gasteiger partial charge in [0.15, 0.2) is 23.0 Å². The Labute approximate surface area is 150 Å². The van der Waals surface area contributed by atoms with Gasteiger partial charge < -0.3 is 18.9 Å². The van der Waals surface area contributed by atoms with E-state index in [2.05, 4.69) is 27.7 Å². The maximum Gasteiger partial charge on any atom is 0.161 e. The molecule has 0 radical (unpaired) electrons. The SMILES string of the molecule is COc1cc(C)c(C)cc1OCCCOc1cc(C)c(C)cc1OC. The molecule has 0 N–H and O–H groups in total. The Balaban J connectivity index is 1.89. The molecule has 0 unspecified atom stereocenters. The summed E-state index contributed by atoms with van der Waals surface area (Å²) in [6, 6.07) is 8.03. The monoisotopic (exact) mass is 344 g/mol. The van der Waals surface area contributed by atoms with Gasteiger partial charge in [-0.1, -0.05) is 0 Å². The molecular formula is C21H28O4. The van der Waals surface area contributed by atoms with Crippen LogP contribution in [0, 0.1) is 27.7 Å². The van der Waals surface area contributed by atoms with Gasteiger partial charge in [0.2, 0.25) is 0 Å². The lowest BCUT2D eigenvalue weighted by Crippen LogP contribution is -2.07. The molecule has 0 heterocycles. The van der Waals surface area contributed by atoms with Crippen LogP contribution in [-0.2, 0) is 0 Å². The van der Waals surface area contributed by atoms with E-state index in [1.807, 2.05) is 24.3 Å². The summed E-state index contributed by atoms with van der Waals surface area (Å²) >= 11 is 0. The van der Waals surface area contributed by atoms with Gasteiger partial charge in [-0.2, -0.15) is 0 Å². The zero-order chi connectivity index (χ0) is 18.4. The Morgan fingerprint density at radius 1 is 0.560 bits per heavy atom. The summed E-state index contributed by atoms with van der Waals surface area (Å²) in [6.07, 6.45) is 0.770. The zero-order valence-electron chi connectivity index (χ0n) is 16.1. The summed E-state index contributed by atoms with van der Waals surface area (Å²) in [5, 5.41) is 0. The van der Waals surface area contributed by atoms with Crippen LogP contribution in [-0.4, -0.2) is 27.4 Å². The Morgan fingerprint density at radius 3 is 1.20 bits per heavy atom. The lowest BCUT2D eigenvalue weighted by atomic mass is 10.1. The lowest BCUT2D eigenvalue weighted by Gasteiger charge is -2.15. The van der Waals surface area contributed by atoms with Gasteiger partial charge in [0.25, 0.3) is 0 Å². The summed E-state index contributed by atoms with van der Waals surface area (Å²) in [5.41, 5.74) is 4.75. The molecule has 0 aliphatic carbocycles. The van der Waals surface area contributed by atoms with Gasteiger partial charge in [0.05, 0.1) is 27.4 Å². The van der Waals surface area contributed by atoms with E-state index in [4.69, 9.17) is 18.9 Å². The number of benzene rings is 2. The Kier molecular flexibility index (Phi) is 6.57. The molecule has 0 aliphatic heterocycles. The normalized spacial score (nSPS) is 10.5. The van der Waals surface area contributed by atoms with Crippen LogP contribution in [0.25, 0.3) is 0 Å². The highest BCUT2D eigenvalue weighted by Crippen LogP contribution is 2.31. The van der Waals surface area contributed by atoms with Gasteiger partial charge >= 0.3 is 0 Å². The largest absolute Gasteiger partial charge is 0.493 e. The summed E-state index contributed by atoms with van der Waals surface area (Å²) in [6.45, 7) is 9.38. The molecule has 4 nitrogen and oxygen atoms in total. The number of methoxy groups -OCH3 is 2. The van der Waals surface area contributed by atoms with Crippen molar-refractivity contribution in [3.8, 4) is 23.0 Å². The van der Waals surface area contributed by atoms with E-state index < -0.39 is 0 Å². The Bertz CT molecular complexity index is 661. The smallest absolute Gasteiger partial charge is 0.161 e. The molecule has 0 saturated heterocycles. The zero-order valence-corrected chi connectivity index (χ0v) is 16.1. The second kappa shape index (κ2) is 8.65. The number of rotatable bonds is 8. The fraction of sp³-hybridized carbons (Fsp3) is 0.429. The third-order valence-electron chi connectivity index (χ3n) is 4.36. The number of hydrogen-bond acceptors (Lipinski definition) is 4. The first-order valence-electron chi connectivity index (χ1n) is 8.52. The molecule has 0 spiro atoms. The molecule has 0 aromatic heterocycles. The molecule has 0 bridgehead atoms. The first-order chi connectivity index (χ1) is 12.0. The number of ether oxygens (including phenoxy) is 4. The number of hydrogen-bond donors (Lipinski definition) is 0. The maximum atomic E-state index is 5.86. The highest BCUT2D eigenvalue weighted by atomic mass is 16.5. The van der Waals surface area contributed by atoms with Crippen LogP contribution in [0.3, 0.4) is 0 Å². The van der Waals surface area contributed by atoms with Crippen LogP contribution >= 0.6 is 0 Å². The standard InChI is InChI=1S/C21H28O4/c1-14-10-18(22-5)20(12-16(14)3)24-8-7-9-25-21-13-17(4)15(2)11-19(21)23-6/h10-13H,7-9H2,1-6H3. The van der Waals surface area contributed by atoms with E-state index in [0.717, 1.165) is 29.4 Å². The summed E-state index contributed by atoms with van der Waals surface area (Å²) < 4.78 is 22.5. The fourth-order valence-electron chi connectivity index (χ4n) is 2.49. The summed E-state index contributed by atoms with van der Waals surface area (Å²) in [5.74, 6) is 3.07. The van der Waals surface area contributed by atoms with E-state index >= 15 is 0 Å². The average molecular weight is 344 g/mol. The molecule has 0 aliphatic rings. The molecule has 2 aromatic rings. The second-order valence-corrected chi connectivity index (χ2v) is 6.23. The minimum atomic E-state index is 0.562. The van der Waals surface area contributed by atoms with Crippen LogP contribution in [0.5, 0.6) is 23.0 Å². The third-order valence-corrected chi connectivity index (χ3v) is 4.36. The molecule has 0 fully saturated rings. The van der Waals surface area contributed by atoms with Gasteiger partial charge in [-0.15, -0.1) is 0 Å². The average Bonchev–Trinajstić information content (AvgIpc) is 2.59. The van der Waals surface area contributed by atoms with Crippen LogP contribution in [0.4, 0.5) is 0 Å². The van der Waals surface area contributed by atoms with Crippen LogP contribution in [0.15, 0.2) is 24.3 Å². The second-order valence-electron chi connectivity index (χ2n) is 6.23. The fourth-order valence-corrected chi connectivity index (χ4v) is 2.49. The van der Waals surface area contributed by atoms with Crippen molar-refractivity contribution in [3.05, 3.63) is 46.5 Å². The molecule has 0 atom stereocenters. The lowest BCUT2D eigenvalue weighted by molar-refractivity contribution is 0.234. The van der Waals surface area contributed by atoms with Crippen molar-refractivity contribution in [1.82, 2.24) is 0 Å². The molecule has 4 heteroatoms. The van der Waals surface area contributed by atoms with E-state index in [-0.39, 0.29) is 0 Å². The van der Waals surface area contributed by atoms with Crippen molar-refractivity contribution in [3.63, 3.8) is 0 Å². The van der Waals surface area contributed by atoms with Crippen molar-refractivity contribution in [2.45, 2.75) is 34.1 Å². The third kappa shape index (κ3) is 4.81. The first-order valence-corrected chi connectivity index (χ1v) is 8.52. The maximum absolute atomic E-state index is 5.86. The topological polar surface area (TPSA) is 36.9 Å². The van der Waals surface area contributed by atoms with Crippen molar-refractivity contribution < 1.29 is 18.9 Å². The van der Waals surface area contributed by atoms with E-state index in [1.54, 1.807) is 14.2 Å². The minimum Gasteiger partial charge on any atom is -0.493 e. The predicted octanol–water partition coefficient (Wildman–Crippen LogP) is 4.79. The molecule has 136 valence electrons. The first kappa shape index (κ1) is 19.0. The van der Waals surface area contributed by atoms with Gasteiger partial charge in [-0.05, 0) is 74.2 Å². The molecule has 25 heavy (non-hydrogen) atoms. The quantitative estimate of drug-likeness (QED) is 0.646. The van der Waals surface area contributed by atoms with Gasteiger partial charge in [0.1, 0.15) is 0 Å². The van der Waals surface area contributed by atoms with Crippen molar-refractivity contribution in [2.24, 2.45) is 0 Å². The Morgan fingerprint density at radius 2 is 0.880 bits per heavy atom. The highest BCUT2D eigenvalue weighted by Gasteiger charge is 2.09. The van der Waals surface area contributed by atoms with Crippen molar-refractivity contribution in [1.29, 1.82) is 0 Å². The van der Waals surface area contributed by atoms with Gasteiger partial charge in [0, 0.05) is 6.42 Å². The van der Waals surface area contributed by atoms with Crippen LogP contribution in [0.2, 0.25) is 0 Å². The van der Waals surface area contributed by atoms with Crippen LogP contribution < -0.4 is 18.9 Å². The predicted molar refractivity (Wildman–Crippen MR) is 101 cm³/mol. The van der Waals surface area contributed by atoms with Crippen LogP contribution in [0.1, 0.15) is 28.7 Å². The Hall–Kier alpha value is -2.36. The van der Waals surface area contributed by atoms with E-state index in [9.17, 15) is 0 Å². The van der Waals surface area contributed by atoms with E-state index in [0.29, 0.717) is 13.2 Å². The number of aryl methyl sites for hydroxylation is 4. The minimum absolute atomic E-state index is 0.562. The van der Waals surface area contributed by atoms with Crippen molar-refractivity contribution >= 4 is 0 Å². The molecule has 2 aromatic carbocycles. The molecule has 0 saturated carbocycles. The summed E-state index contributed by atoms with van der Waals surface area (Å²) in [4.78, 5) is 0. The van der Waals surface area contributed by atoms with Gasteiger partial charge in [-0.3, -0.25) is 0 Å². The van der Waals surface area contributed by atoms with Gasteiger partial charge in [-0.25, -0.2) is 0 Å². The molecular weight excluding hydrogens is 316 g/mol. The molecule has 2 rings (SSSR count). The van der Waals surface area contributed by atoms with E-state index in [1.165, 1.54) is 22.3 Å². The highest BCUT2D eigenvalue weighted by molar-refractivity contribution is 5.47.